The minimum absolute atomic E-state index is 0.0266. The summed E-state index contributed by atoms with van der Waals surface area (Å²) in [6.45, 7) is 1.78. The van der Waals surface area contributed by atoms with Crippen molar-refractivity contribution in [1.29, 1.82) is 0 Å². The molecule has 3 N–H and O–H groups in total. The molecule has 0 saturated carbocycles. The summed E-state index contributed by atoms with van der Waals surface area (Å²) in [5.74, 6) is 0.191. The van der Waals surface area contributed by atoms with Gasteiger partial charge in [0.25, 0.3) is 0 Å². The van der Waals surface area contributed by atoms with Crippen LogP contribution in [-0.4, -0.2) is 15.3 Å². The van der Waals surface area contributed by atoms with Gasteiger partial charge >= 0.3 is 0 Å². The minimum atomic E-state index is 0.0266. The number of aryl methyl sites for hydroxylation is 1. The first-order valence-electron chi connectivity index (χ1n) is 4.90. The Morgan fingerprint density at radius 2 is 1.62 bits per heavy atom. The highest BCUT2D eigenvalue weighted by molar-refractivity contribution is 5.77. The van der Waals surface area contributed by atoms with Crippen LogP contribution in [0.4, 0.5) is 0 Å². The number of phenols is 3. The maximum absolute atomic E-state index is 9.87. The van der Waals surface area contributed by atoms with Gasteiger partial charge in [0, 0.05) is 11.1 Å². The van der Waals surface area contributed by atoms with Gasteiger partial charge in [-0.2, -0.15) is 0 Å². The summed E-state index contributed by atoms with van der Waals surface area (Å²) in [5, 5.41) is 28.9. The lowest BCUT2D eigenvalue weighted by molar-refractivity contribution is 0.458. The van der Waals surface area contributed by atoms with Gasteiger partial charge in [-0.05, 0) is 30.7 Å². The molecule has 0 atom stereocenters. The second-order valence-electron chi connectivity index (χ2n) is 3.67. The lowest BCUT2D eigenvalue weighted by atomic mass is 10.0. The Kier molecular flexibility index (Phi) is 2.44. The fourth-order valence-electron chi connectivity index (χ4n) is 1.62. The summed E-state index contributed by atoms with van der Waals surface area (Å²) in [5.41, 5.74) is 1.65. The Balaban J connectivity index is 2.67. The first-order valence-corrected chi connectivity index (χ1v) is 4.90. The molecule has 2 rings (SSSR count). The molecule has 82 valence electrons. The number of phenolic OH excluding ortho intramolecular Hbond substituents is 3. The van der Waals surface area contributed by atoms with Crippen molar-refractivity contribution in [3.63, 3.8) is 0 Å². The molecule has 0 bridgehead atoms. The largest absolute Gasteiger partial charge is 0.508 e. The van der Waals surface area contributed by atoms with Crippen molar-refractivity contribution in [2.75, 3.05) is 0 Å². The Hall–Kier alpha value is -2.16. The highest BCUT2D eigenvalue weighted by atomic mass is 16.3. The van der Waals surface area contributed by atoms with Gasteiger partial charge in [-0.25, -0.2) is 0 Å². The van der Waals surface area contributed by atoms with E-state index in [0.717, 1.165) is 5.56 Å². The zero-order valence-electron chi connectivity index (χ0n) is 8.81. The monoisotopic (exact) mass is 216 g/mol. The number of aromatic hydroxyl groups is 3. The molecule has 0 unspecified atom stereocenters. The van der Waals surface area contributed by atoms with E-state index in [-0.39, 0.29) is 17.2 Å². The van der Waals surface area contributed by atoms with Gasteiger partial charge in [-0.1, -0.05) is 18.2 Å². The standard InChI is InChI=1S/C13H12O3/c1-8-3-2-4-10(13(8)16)11-7-9(14)5-6-12(11)15/h2-7,14-16H,1H3. The molecule has 0 saturated heterocycles. The predicted molar refractivity (Wildman–Crippen MR) is 61.6 cm³/mol. The number of benzene rings is 2. The second kappa shape index (κ2) is 3.77. The Morgan fingerprint density at radius 3 is 2.38 bits per heavy atom. The van der Waals surface area contributed by atoms with E-state index in [1.54, 1.807) is 25.1 Å². The zero-order valence-corrected chi connectivity index (χ0v) is 8.81. The molecular formula is C13H12O3. The van der Waals surface area contributed by atoms with Crippen molar-refractivity contribution in [2.24, 2.45) is 0 Å². The molecule has 0 fully saturated rings. The summed E-state index contributed by atoms with van der Waals surface area (Å²) in [7, 11) is 0. The maximum atomic E-state index is 9.87. The SMILES string of the molecule is Cc1cccc(-c2cc(O)ccc2O)c1O. The van der Waals surface area contributed by atoms with E-state index in [2.05, 4.69) is 0 Å². The van der Waals surface area contributed by atoms with E-state index < -0.39 is 0 Å². The van der Waals surface area contributed by atoms with Crippen molar-refractivity contribution in [3.8, 4) is 28.4 Å². The summed E-state index contributed by atoms with van der Waals surface area (Å²) < 4.78 is 0. The lowest BCUT2D eigenvalue weighted by Gasteiger charge is -2.09. The van der Waals surface area contributed by atoms with Gasteiger partial charge in [0.1, 0.15) is 17.2 Å². The molecule has 0 aliphatic carbocycles. The predicted octanol–water partition coefficient (Wildman–Crippen LogP) is 2.78. The third kappa shape index (κ3) is 1.67. The van der Waals surface area contributed by atoms with E-state index in [1.165, 1.54) is 18.2 Å². The Morgan fingerprint density at radius 1 is 0.875 bits per heavy atom. The smallest absolute Gasteiger partial charge is 0.126 e. The van der Waals surface area contributed by atoms with E-state index in [1.807, 2.05) is 0 Å². The number of rotatable bonds is 1. The quantitative estimate of drug-likeness (QED) is 0.642. The van der Waals surface area contributed by atoms with E-state index in [9.17, 15) is 15.3 Å². The van der Waals surface area contributed by atoms with Crippen LogP contribution < -0.4 is 0 Å². The van der Waals surface area contributed by atoms with Gasteiger partial charge in [0.2, 0.25) is 0 Å². The molecule has 2 aromatic rings. The van der Waals surface area contributed by atoms with Gasteiger partial charge in [0.05, 0.1) is 0 Å². The fourth-order valence-corrected chi connectivity index (χ4v) is 1.62. The summed E-state index contributed by atoms with van der Waals surface area (Å²) in [4.78, 5) is 0. The van der Waals surface area contributed by atoms with Crippen molar-refractivity contribution < 1.29 is 15.3 Å². The van der Waals surface area contributed by atoms with Crippen molar-refractivity contribution >= 4 is 0 Å². The third-order valence-corrected chi connectivity index (χ3v) is 2.51. The van der Waals surface area contributed by atoms with Crippen LogP contribution in [-0.2, 0) is 0 Å². The Bertz CT molecular complexity index is 533. The van der Waals surface area contributed by atoms with E-state index in [4.69, 9.17) is 0 Å². The van der Waals surface area contributed by atoms with Crippen LogP contribution in [0, 0.1) is 6.92 Å². The molecule has 0 aromatic heterocycles. The normalized spacial score (nSPS) is 10.3. The maximum Gasteiger partial charge on any atom is 0.126 e. The molecule has 0 amide bonds. The number of hydrogen-bond acceptors (Lipinski definition) is 3. The van der Waals surface area contributed by atoms with Crippen molar-refractivity contribution in [2.45, 2.75) is 6.92 Å². The topological polar surface area (TPSA) is 60.7 Å². The van der Waals surface area contributed by atoms with E-state index >= 15 is 0 Å². The molecule has 0 heterocycles. The minimum Gasteiger partial charge on any atom is -0.508 e. The molecular weight excluding hydrogens is 204 g/mol. The van der Waals surface area contributed by atoms with Crippen LogP contribution in [0.2, 0.25) is 0 Å². The second-order valence-corrected chi connectivity index (χ2v) is 3.67. The van der Waals surface area contributed by atoms with Crippen LogP contribution >= 0.6 is 0 Å². The summed E-state index contributed by atoms with van der Waals surface area (Å²) in [6, 6.07) is 9.46. The van der Waals surface area contributed by atoms with Crippen LogP contribution in [0.25, 0.3) is 11.1 Å². The fraction of sp³-hybridized carbons (Fsp3) is 0.0769. The van der Waals surface area contributed by atoms with Crippen LogP contribution in [0.15, 0.2) is 36.4 Å². The average molecular weight is 216 g/mol. The van der Waals surface area contributed by atoms with Gasteiger partial charge < -0.3 is 15.3 Å². The molecule has 0 spiro atoms. The highest BCUT2D eigenvalue weighted by Gasteiger charge is 2.10. The molecule has 0 aliphatic heterocycles. The molecule has 3 nitrogen and oxygen atoms in total. The number of para-hydroxylation sites is 1. The molecule has 2 aromatic carbocycles. The van der Waals surface area contributed by atoms with Gasteiger partial charge in [0.15, 0.2) is 0 Å². The molecule has 16 heavy (non-hydrogen) atoms. The van der Waals surface area contributed by atoms with E-state index in [0.29, 0.717) is 11.1 Å². The van der Waals surface area contributed by atoms with Crippen molar-refractivity contribution in [3.05, 3.63) is 42.0 Å². The lowest BCUT2D eigenvalue weighted by Crippen LogP contribution is -1.83. The van der Waals surface area contributed by atoms with Crippen molar-refractivity contribution in [1.82, 2.24) is 0 Å². The van der Waals surface area contributed by atoms with Gasteiger partial charge in [-0.15, -0.1) is 0 Å². The third-order valence-electron chi connectivity index (χ3n) is 2.51. The first kappa shape index (κ1) is 10.4. The average Bonchev–Trinajstić information content (AvgIpc) is 2.26. The van der Waals surface area contributed by atoms with Crippen LogP contribution in [0.1, 0.15) is 5.56 Å². The first-order chi connectivity index (χ1) is 7.59. The molecule has 3 heteroatoms. The molecule has 0 aliphatic rings. The van der Waals surface area contributed by atoms with Crippen LogP contribution in [0.5, 0.6) is 17.2 Å². The summed E-state index contributed by atoms with van der Waals surface area (Å²) >= 11 is 0. The summed E-state index contributed by atoms with van der Waals surface area (Å²) in [6.07, 6.45) is 0. The van der Waals surface area contributed by atoms with Gasteiger partial charge in [-0.3, -0.25) is 0 Å². The van der Waals surface area contributed by atoms with Crippen LogP contribution in [0.3, 0.4) is 0 Å². The number of hydrogen-bond donors (Lipinski definition) is 3. The highest BCUT2D eigenvalue weighted by Crippen LogP contribution is 2.38. The molecule has 0 radical (unpaired) electrons. The zero-order chi connectivity index (χ0) is 11.7. The Labute approximate surface area is 93.2 Å².